The van der Waals surface area contributed by atoms with Crippen LogP contribution in [0.4, 0.5) is 0 Å². The molecule has 2 aliphatic rings. The number of guanidine groups is 1. The number of nitrogens with zero attached hydrogens (tertiary/aromatic N) is 3. The molecule has 0 spiro atoms. The summed E-state index contributed by atoms with van der Waals surface area (Å²) in [7, 11) is 0. The van der Waals surface area contributed by atoms with Gasteiger partial charge in [-0.25, -0.2) is 0 Å². The van der Waals surface area contributed by atoms with E-state index in [1.165, 1.54) is 51.7 Å². The molecule has 0 radical (unpaired) electrons. The van der Waals surface area contributed by atoms with Gasteiger partial charge in [-0.05, 0) is 58.7 Å². The molecule has 6 nitrogen and oxygen atoms in total. The lowest BCUT2D eigenvalue weighted by molar-refractivity contribution is -0.129. The molecule has 2 saturated heterocycles. The van der Waals surface area contributed by atoms with Gasteiger partial charge in [-0.1, -0.05) is 19.8 Å². The maximum Gasteiger partial charge on any atom is 0.222 e. The van der Waals surface area contributed by atoms with E-state index in [1.54, 1.807) is 0 Å². The summed E-state index contributed by atoms with van der Waals surface area (Å²) in [5.41, 5.74) is 0. The number of aliphatic imine (C=N–C) groups is 1. The van der Waals surface area contributed by atoms with Gasteiger partial charge < -0.3 is 20.4 Å². The van der Waals surface area contributed by atoms with Gasteiger partial charge in [-0.3, -0.25) is 9.79 Å². The van der Waals surface area contributed by atoms with Crippen molar-refractivity contribution in [2.24, 2.45) is 4.99 Å². The van der Waals surface area contributed by atoms with Crippen LogP contribution in [0.25, 0.3) is 0 Å². The van der Waals surface area contributed by atoms with Crippen LogP contribution >= 0.6 is 0 Å². The van der Waals surface area contributed by atoms with E-state index in [2.05, 4.69) is 22.5 Å². The summed E-state index contributed by atoms with van der Waals surface area (Å²) in [6, 6.07) is 0.322. The molecule has 2 heterocycles. The first-order valence-electron chi connectivity index (χ1n) is 10.8. The Bertz CT molecular complexity index is 434. The predicted molar refractivity (Wildman–Crippen MR) is 109 cm³/mol. The number of piperidine rings is 1. The van der Waals surface area contributed by atoms with E-state index in [0.717, 1.165) is 45.0 Å². The van der Waals surface area contributed by atoms with E-state index in [4.69, 9.17) is 4.99 Å². The number of carbonyl (C=O) groups is 1. The minimum atomic E-state index is 0.255. The first-order valence-corrected chi connectivity index (χ1v) is 10.8. The van der Waals surface area contributed by atoms with Crippen LogP contribution in [-0.2, 0) is 4.79 Å². The minimum Gasteiger partial charge on any atom is -0.357 e. The molecule has 0 aromatic heterocycles. The molecule has 150 valence electrons. The molecule has 6 heteroatoms. The van der Waals surface area contributed by atoms with E-state index in [-0.39, 0.29) is 5.91 Å². The van der Waals surface area contributed by atoms with Crippen molar-refractivity contribution < 1.29 is 4.79 Å². The van der Waals surface area contributed by atoms with Gasteiger partial charge in [0, 0.05) is 38.6 Å². The van der Waals surface area contributed by atoms with Crippen molar-refractivity contribution in [3.05, 3.63) is 0 Å². The van der Waals surface area contributed by atoms with Gasteiger partial charge in [0.05, 0.1) is 0 Å². The first kappa shape index (κ1) is 21.0. The van der Waals surface area contributed by atoms with Crippen molar-refractivity contribution in [3.8, 4) is 0 Å². The fraction of sp³-hybridized carbons (Fsp3) is 0.900. The topological polar surface area (TPSA) is 60.0 Å². The molecule has 0 aromatic carbocycles. The highest BCUT2D eigenvalue weighted by molar-refractivity contribution is 5.80. The molecule has 1 unspecified atom stereocenters. The standard InChI is InChI=1S/C20H39N5O/c1-3-19(26)25-16-11-18(17-25)23-20(21-4-2)22-12-7-5-8-13-24-14-9-6-10-15-24/h18H,3-17H2,1-2H3,(H2,21,22,23). The number of nitrogens with one attached hydrogen (secondary N) is 2. The number of unbranched alkanes of at least 4 members (excludes halogenated alkanes) is 2. The van der Waals surface area contributed by atoms with Crippen LogP contribution in [0, 0.1) is 0 Å². The summed E-state index contributed by atoms with van der Waals surface area (Å²) in [4.78, 5) is 21.1. The van der Waals surface area contributed by atoms with Crippen molar-refractivity contribution >= 4 is 11.9 Å². The molecule has 26 heavy (non-hydrogen) atoms. The Balaban J connectivity index is 1.62. The molecule has 0 saturated carbocycles. The molecule has 2 aliphatic heterocycles. The average Bonchev–Trinajstić information content (AvgIpc) is 3.13. The Hall–Kier alpha value is -1.30. The molecule has 2 N–H and O–H groups in total. The van der Waals surface area contributed by atoms with Gasteiger partial charge in [-0.2, -0.15) is 0 Å². The summed E-state index contributed by atoms with van der Waals surface area (Å²) in [5.74, 6) is 1.16. The van der Waals surface area contributed by atoms with Crippen LogP contribution in [0.3, 0.4) is 0 Å². The zero-order valence-electron chi connectivity index (χ0n) is 16.9. The second-order valence-electron chi connectivity index (χ2n) is 7.55. The van der Waals surface area contributed by atoms with Gasteiger partial charge in [0.2, 0.25) is 5.91 Å². The summed E-state index contributed by atoms with van der Waals surface area (Å²) >= 11 is 0. The smallest absolute Gasteiger partial charge is 0.222 e. The maximum atomic E-state index is 11.8. The van der Waals surface area contributed by atoms with Crippen molar-refractivity contribution in [2.45, 2.75) is 71.3 Å². The minimum absolute atomic E-state index is 0.255. The first-order chi connectivity index (χ1) is 12.7. The Morgan fingerprint density at radius 3 is 2.62 bits per heavy atom. The van der Waals surface area contributed by atoms with E-state index in [9.17, 15) is 4.79 Å². The Kier molecular flexibility index (Phi) is 9.82. The molecule has 2 rings (SSSR count). The molecular weight excluding hydrogens is 326 g/mol. The van der Waals surface area contributed by atoms with Crippen LogP contribution in [0.5, 0.6) is 0 Å². The Labute approximate surface area is 159 Å². The lowest BCUT2D eigenvalue weighted by Crippen LogP contribution is -2.45. The van der Waals surface area contributed by atoms with E-state index in [0.29, 0.717) is 12.5 Å². The van der Waals surface area contributed by atoms with Gasteiger partial charge in [-0.15, -0.1) is 0 Å². The number of rotatable bonds is 9. The largest absolute Gasteiger partial charge is 0.357 e. The van der Waals surface area contributed by atoms with Gasteiger partial charge in [0.1, 0.15) is 0 Å². The van der Waals surface area contributed by atoms with Crippen molar-refractivity contribution in [1.82, 2.24) is 20.4 Å². The number of hydrogen-bond acceptors (Lipinski definition) is 3. The van der Waals surface area contributed by atoms with Crippen LogP contribution in [-0.4, -0.2) is 73.5 Å². The molecular formula is C20H39N5O. The molecule has 0 bridgehead atoms. The molecule has 2 fully saturated rings. The third-order valence-electron chi connectivity index (χ3n) is 5.38. The molecule has 0 aliphatic carbocycles. The van der Waals surface area contributed by atoms with Crippen molar-refractivity contribution in [1.29, 1.82) is 0 Å². The SMILES string of the molecule is CCNC(=NCCCCCN1CCCCC1)NC1CCN(C(=O)CC)C1. The number of hydrogen-bond donors (Lipinski definition) is 2. The highest BCUT2D eigenvalue weighted by Crippen LogP contribution is 2.11. The quantitative estimate of drug-likeness (QED) is 0.374. The number of amides is 1. The van der Waals surface area contributed by atoms with Crippen LogP contribution in [0.1, 0.15) is 65.2 Å². The van der Waals surface area contributed by atoms with Crippen LogP contribution < -0.4 is 10.6 Å². The molecule has 1 amide bonds. The zero-order chi connectivity index (χ0) is 18.6. The highest BCUT2D eigenvalue weighted by atomic mass is 16.2. The lowest BCUT2D eigenvalue weighted by atomic mass is 10.1. The second kappa shape index (κ2) is 12.2. The maximum absolute atomic E-state index is 11.8. The van der Waals surface area contributed by atoms with Crippen LogP contribution in [0.2, 0.25) is 0 Å². The predicted octanol–water partition coefficient (Wildman–Crippen LogP) is 2.21. The Morgan fingerprint density at radius 1 is 1.08 bits per heavy atom. The van der Waals surface area contributed by atoms with E-state index >= 15 is 0 Å². The summed E-state index contributed by atoms with van der Waals surface area (Å²) in [6.45, 7) is 11.3. The van der Waals surface area contributed by atoms with E-state index in [1.807, 2.05) is 11.8 Å². The number of carbonyl (C=O) groups excluding carboxylic acids is 1. The third kappa shape index (κ3) is 7.52. The third-order valence-corrected chi connectivity index (χ3v) is 5.38. The normalized spacial score (nSPS) is 21.8. The number of likely N-dealkylation sites (tertiary alicyclic amines) is 2. The Morgan fingerprint density at radius 2 is 1.88 bits per heavy atom. The van der Waals surface area contributed by atoms with E-state index < -0.39 is 0 Å². The second-order valence-corrected chi connectivity index (χ2v) is 7.55. The van der Waals surface area contributed by atoms with Crippen molar-refractivity contribution in [3.63, 3.8) is 0 Å². The van der Waals surface area contributed by atoms with Gasteiger partial charge in [0.15, 0.2) is 5.96 Å². The summed E-state index contributed by atoms with van der Waals surface area (Å²) < 4.78 is 0. The van der Waals surface area contributed by atoms with Gasteiger partial charge >= 0.3 is 0 Å². The lowest BCUT2D eigenvalue weighted by Gasteiger charge is -2.26. The average molecular weight is 366 g/mol. The molecule has 0 aromatic rings. The molecule has 1 atom stereocenters. The summed E-state index contributed by atoms with van der Waals surface area (Å²) in [5, 5.41) is 6.84. The zero-order valence-corrected chi connectivity index (χ0v) is 16.9. The van der Waals surface area contributed by atoms with Crippen molar-refractivity contribution in [2.75, 3.05) is 45.8 Å². The monoisotopic (exact) mass is 365 g/mol. The van der Waals surface area contributed by atoms with Gasteiger partial charge in [0.25, 0.3) is 0 Å². The fourth-order valence-electron chi connectivity index (χ4n) is 3.84. The summed E-state index contributed by atoms with van der Waals surface area (Å²) in [6.07, 6.45) is 9.46. The fourth-order valence-corrected chi connectivity index (χ4v) is 3.84. The van der Waals surface area contributed by atoms with Crippen LogP contribution in [0.15, 0.2) is 4.99 Å². The highest BCUT2D eigenvalue weighted by Gasteiger charge is 2.25.